The first-order chi connectivity index (χ1) is 11.2. The monoisotopic (exact) mass is 316 g/mol. The SMILES string of the molecule is Fc1cnc(N2CCCC3(CCN(Cc4ccoc4)C3)C2)nc1. The van der Waals surface area contributed by atoms with Gasteiger partial charge in [-0.15, -0.1) is 0 Å². The molecule has 0 amide bonds. The van der Waals surface area contributed by atoms with Crippen LogP contribution in [0, 0.1) is 11.2 Å². The topological polar surface area (TPSA) is 45.4 Å². The Morgan fingerprint density at radius 3 is 2.83 bits per heavy atom. The first kappa shape index (κ1) is 14.6. The lowest BCUT2D eigenvalue weighted by Gasteiger charge is -2.40. The minimum atomic E-state index is -0.382. The van der Waals surface area contributed by atoms with Crippen LogP contribution in [0.3, 0.4) is 0 Å². The summed E-state index contributed by atoms with van der Waals surface area (Å²) in [5, 5.41) is 0. The summed E-state index contributed by atoms with van der Waals surface area (Å²) in [7, 11) is 0. The number of likely N-dealkylation sites (tertiary alicyclic amines) is 1. The van der Waals surface area contributed by atoms with Crippen LogP contribution in [-0.2, 0) is 6.54 Å². The van der Waals surface area contributed by atoms with Crippen LogP contribution in [0.25, 0.3) is 0 Å². The first-order valence-corrected chi connectivity index (χ1v) is 8.18. The molecule has 4 rings (SSSR count). The first-order valence-electron chi connectivity index (χ1n) is 8.18. The highest BCUT2D eigenvalue weighted by molar-refractivity contribution is 5.30. The van der Waals surface area contributed by atoms with Crippen molar-refractivity contribution in [2.75, 3.05) is 31.1 Å². The third-order valence-corrected chi connectivity index (χ3v) is 5.05. The highest BCUT2D eigenvalue weighted by Gasteiger charge is 2.41. The average Bonchev–Trinajstić information content (AvgIpc) is 3.19. The van der Waals surface area contributed by atoms with Crippen LogP contribution < -0.4 is 4.90 Å². The van der Waals surface area contributed by atoms with Crippen molar-refractivity contribution >= 4 is 5.95 Å². The summed E-state index contributed by atoms with van der Waals surface area (Å²) in [5.74, 6) is 0.270. The van der Waals surface area contributed by atoms with Crippen molar-refractivity contribution in [3.8, 4) is 0 Å². The van der Waals surface area contributed by atoms with Gasteiger partial charge in [-0.3, -0.25) is 4.90 Å². The fourth-order valence-electron chi connectivity index (χ4n) is 3.98. The van der Waals surface area contributed by atoms with E-state index >= 15 is 0 Å². The number of hydrogen-bond acceptors (Lipinski definition) is 5. The fourth-order valence-corrected chi connectivity index (χ4v) is 3.98. The molecule has 2 fully saturated rings. The van der Waals surface area contributed by atoms with Crippen molar-refractivity contribution in [3.63, 3.8) is 0 Å². The zero-order chi connectivity index (χ0) is 15.7. The fraction of sp³-hybridized carbons (Fsp3) is 0.529. The highest BCUT2D eigenvalue weighted by Crippen LogP contribution is 2.40. The Labute approximate surface area is 135 Å². The molecule has 1 unspecified atom stereocenters. The van der Waals surface area contributed by atoms with E-state index in [0.717, 1.165) is 39.1 Å². The smallest absolute Gasteiger partial charge is 0.225 e. The molecular weight excluding hydrogens is 295 g/mol. The third kappa shape index (κ3) is 3.08. The Kier molecular flexibility index (Phi) is 3.77. The zero-order valence-corrected chi connectivity index (χ0v) is 13.1. The van der Waals surface area contributed by atoms with E-state index < -0.39 is 0 Å². The van der Waals surface area contributed by atoms with Crippen LogP contribution in [0.1, 0.15) is 24.8 Å². The minimum Gasteiger partial charge on any atom is -0.472 e. The Hall–Kier alpha value is -1.95. The van der Waals surface area contributed by atoms with Crippen molar-refractivity contribution < 1.29 is 8.81 Å². The van der Waals surface area contributed by atoms with Crippen LogP contribution in [0.15, 0.2) is 35.4 Å². The van der Waals surface area contributed by atoms with E-state index in [1.807, 2.05) is 12.3 Å². The van der Waals surface area contributed by atoms with Gasteiger partial charge in [0.1, 0.15) is 0 Å². The van der Waals surface area contributed by atoms with Crippen molar-refractivity contribution in [2.45, 2.75) is 25.8 Å². The summed E-state index contributed by atoms with van der Waals surface area (Å²) in [4.78, 5) is 13.0. The number of anilines is 1. The molecule has 0 aromatic carbocycles. The van der Waals surface area contributed by atoms with Crippen LogP contribution in [-0.4, -0.2) is 41.0 Å². The molecule has 1 atom stereocenters. The molecule has 1 spiro atoms. The third-order valence-electron chi connectivity index (χ3n) is 5.05. The van der Waals surface area contributed by atoms with Crippen molar-refractivity contribution in [1.29, 1.82) is 0 Å². The Morgan fingerprint density at radius 2 is 2.04 bits per heavy atom. The Bertz CT molecular complexity index is 645. The summed E-state index contributed by atoms with van der Waals surface area (Å²) < 4.78 is 18.2. The molecule has 4 heterocycles. The average molecular weight is 316 g/mol. The summed E-state index contributed by atoms with van der Waals surface area (Å²) in [6, 6.07) is 2.03. The van der Waals surface area contributed by atoms with E-state index in [1.165, 1.54) is 30.8 Å². The molecule has 0 aliphatic carbocycles. The van der Waals surface area contributed by atoms with E-state index in [4.69, 9.17) is 4.42 Å². The van der Waals surface area contributed by atoms with E-state index in [0.29, 0.717) is 11.4 Å². The van der Waals surface area contributed by atoms with Gasteiger partial charge < -0.3 is 9.32 Å². The zero-order valence-electron chi connectivity index (χ0n) is 13.1. The number of piperidine rings is 1. The molecule has 0 bridgehead atoms. The number of halogens is 1. The summed E-state index contributed by atoms with van der Waals surface area (Å²) >= 11 is 0. The maximum Gasteiger partial charge on any atom is 0.225 e. The van der Waals surface area contributed by atoms with Gasteiger partial charge in [-0.25, -0.2) is 14.4 Å². The van der Waals surface area contributed by atoms with Gasteiger partial charge in [0.15, 0.2) is 5.82 Å². The molecule has 2 aliphatic rings. The van der Waals surface area contributed by atoms with Gasteiger partial charge in [0.2, 0.25) is 5.95 Å². The molecule has 2 saturated heterocycles. The lowest BCUT2D eigenvalue weighted by molar-refractivity contribution is 0.215. The maximum atomic E-state index is 13.0. The Morgan fingerprint density at radius 1 is 1.17 bits per heavy atom. The molecule has 23 heavy (non-hydrogen) atoms. The summed E-state index contributed by atoms with van der Waals surface area (Å²) in [5.41, 5.74) is 1.54. The lowest BCUT2D eigenvalue weighted by atomic mass is 9.79. The van der Waals surface area contributed by atoms with Crippen molar-refractivity contribution in [1.82, 2.24) is 14.9 Å². The second kappa shape index (κ2) is 5.92. The molecule has 2 aromatic rings. The van der Waals surface area contributed by atoms with Crippen LogP contribution in [0.2, 0.25) is 0 Å². The van der Waals surface area contributed by atoms with E-state index in [1.54, 1.807) is 6.26 Å². The van der Waals surface area contributed by atoms with E-state index in [-0.39, 0.29) is 5.82 Å². The molecule has 0 N–H and O–H groups in total. The minimum absolute atomic E-state index is 0.305. The molecule has 5 nitrogen and oxygen atoms in total. The van der Waals surface area contributed by atoms with Crippen LogP contribution >= 0.6 is 0 Å². The molecule has 2 aromatic heterocycles. The van der Waals surface area contributed by atoms with Gasteiger partial charge >= 0.3 is 0 Å². The molecule has 122 valence electrons. The standard InChI is InChI=1S/C17H21FN4O/c18-15-8-19-16(20-9-15)22-5-1-3-17(13-22)4-6-21(12-17)10-14-2-7-23-11-14/h2,7-9,11H,1,3-6,10,12-13H2. The van der Waals surface area contributed by atoms with Crippen LogP contribution in [0.5, 0.6) is 0 Å². The lowest BCUT2D eigenvalue weighted by Crippen LogP contribution is -2.45. The molecule has 0 saturated carbocycles. The molecule has 0 radical (unpaired) electrons. The second-order valence-electron chi connectivity index (χ2n) is 6.82. The summed E-state index contributed by atoms with van der Waals surface area (Å²) in [6.45, 7) is 5.07. The summed E-state index contributed by atoms with van der Waals surface area (Å²) in [6.07, 6.45) is 9.64. The molecular formula is C17H21FN4O. The quantitative estimate of drug-likeness (QED) is 0.871. The van der Waals surface area contributed by atoms with E-state index in [2.05, 4.69) is 19.8 Å². The van der Waals surface area contributed by atoms with E-state index in [9.17, 15) is 4.39 Å². The predicted molar refractivity (Wildman–Crippen MR) is 84.5 cm³/mol. The predicted octanol–water partition coefficient (Wildman–Crippen LogP) is 2.70. The van der Waals surface area contributed by atoms with Gasteiger partial charge in [-0.1, -0.05) is 0 Å². The van der Waals surface area contributed by atoms with Gasteiger partial charge in [0.05, 0.1) is 24.9 Å². The normalized spacial score (nSPS) is 25.3. The number of hydrogen-bond donors (Lipinski definition) is 0. The number of nitrogens with zero attached hydrogens (tertiary/aromatic N) is 4. The van der Waals surface area contributed by atoms with Crippen LogP contribution in [0.4, 0.5) is 10.3 Å². The number of rotatable bonds is 3. The molecule has 2 aliphatic heterocycles. The Balaban J connectivity index is 1.43. The van der Waals surface area contributed by atoms with Gasteiger partial charge in [0, 0.05) is 37.2 Å². The largest absolute Gasteiger partial charge is 0.472 e. The van der Waals surface area contributed by atoms with Gasteiger partial charge in [-0.05, 0) is 31.9 Å². The maximum absolute atomic E-state index is 13.0. The van der Waals surface area contributed by atoms with Crippen molar-refractivity contribution in [3.05, 3.63) is 42.4 Å². The molecule has 6 heteroatoms. The van der Waals surface area contributed by atoms with Crippen molar-refractivity contribution in [2.24, 2.45) is 5.41 Å². The number of aromatic nitrogens is 2. The van der Waals surface area contributed by atoms with Gasteiger partial charge in [-0.2, -0.15) is 0 Å². The number of furan rings is 1. The van der Waals surface area contributed by atoms with Gasteiger partial charge in [0.25, 0.3) is 0 Å². The second-order valence-corrected chi connectivity index (χ2v) is 6.82. The highest BCUT2D eigenvalue weighted by atomic mass is 19.1.